The van der Waals surface area contributed by atoms with E-state index >= 15 is 0 Å². The number of hydrogen-bond acceptors (Lipinski definition) is 2. The monoisotopic (exact) mass is 235 g/mol. The number of rotatable bonds is 5. The van der Waals surface area contributed by atoms with Crippen molar-refractivity contribution in [2.45, 2.75) is 45.6 Å². The summed E-state index contributed by atoms with van der Waals surface area (Å²) in [4.78, 5) is 12.1. The molecule has 0 aliphatic heterocycles. The first-order chi connectivity index (χ1) is 8.06. The number of amides is 1. The molecule has 17 heavy (non-hydrogen) atoms. The third-order valence-electron chi connectivity index (χ3n) is 3.52. The zero-order chi connectivity index (χ0) is 12.9. The number of carbonyl (C=O) groups is 1. The molecule has 0 spiro atoms. The third-order valence-corrected chi connectivity index (χ3v) is 3.52. The lowest BCUT2D eigenvalue weighted by Crippen LogP contribution is -2.47. The lowest BCUT2D eigenvalue weighted by atomic mass is 9.89. The Morgan fingerprint density at radius 3 is 2.29 bits per heavy atom. The second kappa shape index (κ2) is 5.71. The molecule has 0 atom stereocenters. The van der Waals surface area contributed by atoms with Gasteiger partial charge >= 0.3 is 0 Å². The van der Waals surface area contributed by atoms with E-state index in [9.17, 15) is 9.90 Å². The second-order valence-corrected chi connectivity index (χ2v) is 4.35. The normalized spacial score (nSPS) is 11.2. The minimum atomic E-state index is -0.136. The second-order valence-electron chi connectivity index (χ2n) is 4.35. The quantitative estimate of drug-likeness (QED) is 0.824. The van der Waals surface area contributed by atoms with Crippen LogP contribution in [-0.2, 0) is 0 Å². The lowest BCUT2D eigenvalue weighted by molar-refractivity contribution is 0.0888. The van der Waals surface area contributed by atoms with Crippen molar-refractivity contribution in [2.75, 3.05) is 0 Å². The molecule has 0 saturated carbocycles. The number of nitrogens with one attached hydrogen (secondary N) is 1. The standard InChI is InChI=1S/C14H21NO2/c1-4-14(5-2,6-3)15-13(17)11-8-7-9-12(16)10-11/h7-10,16H,4-6H2,1-3H3,(H,15,17). The molecule has 0 unspecified atom stereocenters. The molecule has 2 N–H and O–H groups in total. The first-order valence-electron chi connectivity index (χ1n) is 6.18. The van der Waals surface area contributed by atoms with Crippen LogP contribution < -0.4 is 5.32 Å². The van der Waals surface area contributed by atoms with Gasteiger partial charge in [-0.3, -0.25) is 4.79 Å². The number of carbonyl (C=O) groups excluding carboxylic acids is 1. The van der Waals surface area contributed by atoms with Crippen molar-refractivity contribution in [3.63, 3.8) is 0 Å². The van der Waals surface area contributed by atoms with E-state index in [1.165, 1.54) is 6.07 Å². The van der Waals surface area contributed by atoms with Crippen LogP contribution >= 0.6 is 0 Å². The molecule has 1 aromatic rings. The highest BCUT2D eigenvalue weighted by Crippen LogP contribution is 2.20. The van der Waals surface area contributed by atoms with Gasteiger partial charge in [-0.05, 0) is 37.5 Å². The molecule has 3 heteroatoms. The maximum atomic E-state index is 12.1. The van der Waals surface area contributed by atoms with E-state index in [1.54, 1.807) is 18.2 Å². The van der Waals surface area contributed by atoms with Gasteiger partial charge in [-0.15, -0.1) is 0 Å². The number of hydrogen-bond donors (Lipinski definition) is 2. The Morgan fingerprint density at radius 2 is 1.82 bits per heavy atom. The molecule has 0 heterocycles. The van der Waals surface area contributed by atoms with Crippen LogP contribution in [0.4, 0.5) is 0 Å². The Hall–Kier alpha value is -1.51. The molecule has 0 aliphatic carbocycles. The van der Waals surface area contributed by atoms with Gasteiger partial charge in [-0.25, -0.2) is 0 Å². The van der Waals surface area contributed by atoms with Gasteiger partial charge in [0, 0.05) is 11.1 Å². The van der Waals surface area contributed by atoms with E-state index in [0.717, 1.165) is 19.3 Å². The van der Waals surface area contributed by atoms with Gasteiger partial charge in [-0.1, -0.05) is 26.8 Å². The minimum Gasteiger partial charge on any atom is -0.508 e. The summed E-state index contributed by atoms with van der Waals surface area (Å²) >= 11 is 0. The Morgan fingerprint density at radius 1 is 1.24 bits per heavy atom. The molecule has 1 aromatic carbocycles. The maximum absolute atomic E-state index is 12.1. The smallest absolute Gasteiger partial charge is 0.251 e. The van der Waals surface area contributed by atoms with Crippen LogP contribution in [0.25, 0.3) is 0 Å². The van der Waals surface area contributed by atoms with Crippen molar-refractivity contribution < 1.29 is 9.90 Å². The zero-order valence-corrected chi connectivity index (χ0v) is 10.8. The van der Waals surface area contributed by atoms with Crippen LogP contribution in [0, 0.1) is 0 Å². The highest BCUT2D eigenvalue weighted by molar-refractivity contribution is 5.95. The fourth-order valence-corrected chi connectivity index (χ4v) is 1.98. The van der Waals surface area contributed by atoms with E-state index in [4.69, 9.17) is 0 Å². The van der Waals surface area contributed by atoms with Crippen LogP contribution in [0.5, 0.6) is 5.75 Å². The Bertz CT molecular complexity index is 375. The van der Waals surface area contributed by atoms with Gasteiger partial charge in [0.1, 0.15) is 5.75 Å². The molecule has 0 aromatic heterocycles. The van der Waals surface area contributed by atoms with E-state index in [-0.39, 0.29) is 17.2 Å². The highest BCUT2D eigenvalue weighted by Gasteiger charge is 2.26. The maximum Gasteiger partial charge on any atom is 0.251 e. The molecule has 94 valence electrons. The van der Waals surface area contributed by atoms with Crippen LogP contribution in [0.3, 0.4) is 0 Å². The van der Waals surface area contributed by atoms with Crippen LogP contribution in [0.1, 0.15) is 50.4 Å². The molecular formula is C14H21NO2. The predicted octanol–water partition coefficient (Wildman–Crippen LogP) is 3.09. The average Bonchev–Trinajstić information content (AvgIpc) is 2.36. The molecule has 0 aliphatic rings. The summed E-state index contributed by atoms with van der Waals surface area (Å²) < 4.78 is 0. The van der Waals surface area contributed by atoms with Gasteiger partial charge in [0.25, 0.3) is 5.91 Å². The van der Waals surface area contributed by atoms with Crippen molar-refractivity contribution in [3.8, 4) is 5.75 Å². The summed E-state index contributed by atoms with van der Waals surface area (Å²) in [6.07, 6.45) is 2.72. The van der Waals surface area contributed by atoms with Crippen LogP contribution in [-0.4, -0.2) is 16.6 Å². The van der Waals surface area contributed by atoms with Crippen molar-refractivity contribution >= 4 is 5.91 Å². The summed E-state index contributed by atoms with van der Waals surface area (Å²) in [7, 11) is 0. The number of phenolic OH excluding ortho intramolecular Hbond substituents is 1. The molecule has 1 amide bonds. The fraction of sp³-hybridized carbons (Fsp3) is 0.500. The molecule has 3 nitrogen and oxygen atoms in total. The average molecular weight is 235 g/mol. The van der Waals surface area contributed by atoms with Crippen molar-refractivity contribution in [1.82, 2.24) is 5.32 Å². The zero-order valence-electron chi connectivity index (χ0n) is 10.8. The van der Waals surface area contributed by atoms with Gasteiger partial charge in [0.2, 0.25) is 0 Å². The Labute approximate surface area is 103 Å². The molecule has 0 saturated heterocycles. The van der Waals surface area contributed by atoms with Gasteiger partial charge in [0.15, 0.2) is 0 Å². The summed E-state index contributed by atoms with van der Waals surface area (Å²) in [5.74, 6) is -0.000745. The largest absolute Gasteiger partial charge is 0.508 e. The molecular weight excluding hydrogens is 214 g/mol. The minimum absolute atomic E-state index is 0.118. The van der Waals surface area contributed by atoms with E-state index in [0.29, 0.717) is 5.56 Å². The topological polar surface area (TPSA) is 49.3 Å². The van der Waals surface area contributed by atoms with Gasteiger partial charge in [0.05, 0.1) is 0 Å². The number of aromatic hydroxyl groups is 1. The van der Waals surface area contributed by atoms with Crippen molar-refractivity contribution in [3.05, 3.63) is 29.8 Å². The molecule has 1 rings (SSSR count). The van der Waals surface area contributed by atoms with Gasteiger partial charge < -0.3 is 10.4 Å². The lowest BCUT2D eigenvalue weighted by Gasteiger charge is -2.31. The molecule has 0 fully saturated rings. The van der Waals surface area contributed by atoms with Gasteiger partial charge in [-0.2, -0.15) is 0 Å². The molecule has 0 bridgehead atoms. The summed E-state index contributed by atoms with van der Waals surface area (Å²) in [6, 6.07) is 6.43. The van der Waals surface area contributed by atoms with Crippen molar-refractivity contribution in [1.29, 1.82) is 0 Å². The number of phenols is 1. The summed E-state index contributed by atoms with van der Waals surface area (Å²) in [6.45, 7) is 6.24. The Kier molecular flexibility index (Phi) is 4.55. The fourth-order valence-electron chi connectivity index (χ4n) is 1.98. The third kappa shape index (κ3) is 3.22. The highest BCUT2D eigenvalue weighted by atomic mass is 16.3. The van der Waals surface area contributed by atoms with E-state index in [1.807, 2.05) is 0 Å². The Balaban J connectivity index is 2.84. The van der Waals surface area contributed by atoms with E-state index < -0.39 is 0 Å². The van der Waals surface area contributed by atoms with Crippen molar-refractivity contribution in [2.24, 2.45) is 0 Å². The predicted molar refractivity (Wildman–Crippen MR) is 69.2 cm³/mol. The number of benzene rings is 1. The first-order valence-corrected chi connectivity index (χ1v) is 6.18. The molecule has 0 radical (unpaired) electrons. The first kappa shape index (κ1) is 13.6. The SMILES string of the molecule is CCC(CC)(CC)NC(=O)c1cccc(O)c1. The van der Waals surface area contributed by atoms with E-state index in [2.05, 4.69) is 26.1 Å². The van der Waals surface area contributed by atoms with Crippen LogP contribution in [0.2, 0.25) is 0 Å². The summed E-state index contributed by atoms with van der Waals surface area (Å²) in [5, 5.41) is 12.4. The van der Waals surface area contributed by atoms with Crippen LogP contribution in [0.15, 0.2) is 24.3 Å². The summed E-state index contributed by atoms with van der Waals surface area (Å²) in [5.41, 5.74) is 0.368.